The fraction of sp³-hybridized carbons (Fsp3) is 0.579. The Kier molecular flexibility index (Phi) is 4.71. The smallest absolute Gasteiger partial charge is 0.167 e. The zero-order valence-electron chi connectivity index (χ0n) is 15.4. The van der Waals surface area contributed by atoms with Gasteiger partial charge in [-0.3, -0.25) is 10.4 Å². The molecule has 1 aliphatic carbocycles. The molecule has 1 spiro atoms. The van der Waals surface area contributed by atoms with Gasteiger partial charge in [-0.1, -0.05) is 37.5 Å². The lowest BCUT2D eigenvalue weighted by atomic mass is 9.69. The molecule has 1 saturated carbocycles. The SMILES string of the molecule is C/C(=N/O)C1=NC2(CCC(C(C)(C)C)CC2)N(c2ccc(Cl)cc2)N1. The van der Waals surface area contributed by atoms with Crippen LogP contribution in [0.25, 0.3) is 0 Å². The maximum atomic E-state index is 9.16. The van der Waals surface area contributed by atoms with E-state index in [2.05, 4.69) is 36.4 Å². The van der Waals surface area contributed by atoms with Crippen molar-refractivity contribution < 1.29 is 5.21 Å². The van der Waals surface area contributed by atoms with Gasteiger partial charge in [0.15, 0.2) is 11.5 Å². The first-order valence-electron chi connectivity index (χ1n) is 8.86. The number of rotatable bonds is 2. The van der Waals surface area contributed by atoms with Crippen LogP contribution in [0.3, 0.4) is 0 Å². The molecule has 1 heterocycles. The third-order valence-electron chi connectivity index (χ3n) is 5.54. The van der Waals surface area contributed by atoms with Crippen LogP contribution < -0.4 is 10.4 Å². The molecule has 25 heavy (non-hydrogen) atoms. The van der Waals surface area contributed by atoms with Gasteiger partial charge >= 0.3 is 0 Å². The summed E-state index contributed by atoms with van der Waals surface area (Å²) in [5, 5.41) is 15.3. The van der Waals surface area contributed by atoms with Crippen molar-refractivity contribution in [2.24, 2.45) is 21.5 Å². The number of halogens is 1. The minimum Gasteiger partial charge on any atom is -0.411 e. The van der Waals surface area contributed by atoms with Crippen molar-refractivity contribution in [3.05, 3.63) is 29.3 Å². The van der Waals surface area contributed by atoms with Crippen LogP contribution in [0, 0.1) is 11.3 Å². The van der Waals surface area contributed by atoms with Crippen molar-refractivity contribution in [1.82, 2.24) is 5.43 Å². The summed E-state index contributed by atoms with van der Waals surface area (Å²) in [5.74, 6) is 1.32. The molecule has 1 aliphatic heterocycles. The summed E-state index contributed by atoms with van der Waals surface area (Å²) in [6.07, 6.45) is 4.18. The average Bonchev–Trinajstić information content (AvgIpc) is 2.93. The second kappa shape index (κ2) is 6.52. The molecule has 0 unspecified atom stereocenters. The molecule has 0 bridgehead atoms. The first-order valence-corrected chi connectivity index (χ1v) is 9.24. The molecule has 1 fully saturated rings. The minimum atomic E-state index is -0.336. The Morgan fingerprint density at radius 1 is 1.28 bits per heavy atom. The largest absolute Gasteiger partial charge is 0.411 e. The van der Waals surface area contributed by atoms with Crippen molar-refractivity contribution in [2.45, 2.75) is 59.0 Å². The number of nitrogens with one attached hydrogen (secondary N) is 1. The number of benzene rings is 1. The number of oxime groups is 1. The van der Waals surface area contributed by atoms with Gasteiger partial charge in [0.25, 0.3) is 0 Å². The lowest BCUT2D eigenvalue weighted by Gasteiger charge is -2.45. The van der Waals surface area contributed by atoms with Crippen LogP contribution in [0.15, 0.2) is 34.4 Å². The molecular formula is C19H27ClN4O. The fourth-order valence-corrected chi connectivity index (χ4v) is 4.00. The average molecular weight is 363 g/mol. The molecule has 1 aromatic carbocycles. The van der Waals surface area contributed by atoms with Gasteiger partial charge in [0.1, 0.15) is 5.71 Å². The molecule has 0 saturated heterocycles. The van der Waals surface area contributed by atoms with Crippen LogP contribution >= 0.6 is 11.6 Å². The standard InChI is InChI=1S/C19H27ClN4O/c1-13(23-25)17-21-19(11-9-14(10-12-19)18(2,3)4)24(22-17)16-7-5-15(20)6-8-16/h5-8,14,25H,9-12H2,1-4H3,(H,21,22)/b23-13-. The first kappa shape index (κ1) is 18.1. The topological polar surface area (TPSA) is 60.2 Å². The third-order valence-corrected chi connectivity index (χ3v) is 5.79. The summed E-state index contributed by atoms with van der Waals surface area (Å²) < 4.78 is 0. The van der Waals surface area contributed by atoms with Gasteiger partial charge in [0, 0.05) is 5.02 Å². The number of hydrazine groups is 1. The van der Waals surface area contributed by atoms with Crippen molar-refractivity contribution in [1.29, 1.82) is 0 Å². The summed E-state index contributed by atoms with van der Waals surface area (Å²) in [6, 6.07) is 7.77. The number of anilines is 1. The second-order valence-electron chi connectivity index (χ2n) is 8.19. The van der Waals surface area contributed by atoms with E-state index in [0.29, 0.717) is 27.9 Å². The van der Waals surface area contributed by atoms with Crippen molar-refractivity contribution in [2.75, 3.05) is 5.01 Å². The van der Waals surface area contributed by atoms with Gasteiger partial charge in [-0.15, -0.1) is 0 Å². The van der Waals surface area contributed by atoms with Crippen molar-refractivity contribution >= 4 is 28.8 Å². The van der Waals surface area contributed by atoms with Crippen LogP contribution in [0.2, 0.25) is 5.02 Å². The van der Waals surface area contributed by atoms with Crippen molar-refractivity contribution in [3.63, 3.8) is 0 Å². The van der Waals surface area contributed by atoms with Gasteiger partial charge in [-0.2, -0.15) is 0 Å². The molecule has 136 valence electrons. The first-order chi connectivity index (χ1) is 11.7. The maximum Gasteiger partial charge on any atom is 0.167 e. The van der Waals surface area contributed by atoms with E-state index in [1.54, 1.807) is 6.92 Å². The van der Waals surface area contributed by atoms with Gasteiger partial charge < -0.3 is 5.21 Å². The Morgan fingerprint density at radius 2 is 1.88 bits per heavy atom. The Hall–Kier alpha value is -1.75. The number of aliphatic imine (C=N–C) groups is 1. The monoisotopic (exact) mass is 362 g/mol. The van der Waals surface area contributed by atoms with Gasteiger partial charge in [0.05, 0.1) is 5.69 Å². The van der Waals surface area contributed by atoms with E-state index in [1.807, 2.05) is 24.3 Å². The van der Waals surface area contributed by atoms with E-state index >= 15 is 0 Å². The maximum absolute atomic E-state index is 9.16. The molecule has 0 radical (unpaired) electrons. The Labute approximate surface area is 154 Å². The lowest BCUT2D eigenvalue weighted by molar-refractivity contribution is 0.134. The van der Waals surface area contributed by atoms with E-state index in [9.17, 15) is 0 Å². The zero-order chi connectivity index (χ0) is 18.2. The predicted octanol–water partition coefficient (Wildman–Crippen LogP) is 4.85. The summed E-state index contributed by atoms with van der Waals surface area (Å²) in [4.78, 5) is 4.95. The molecule has 0 atom stereocenters. The van der Waals surface area contributed by atoms with Gasteiger partial charge in [-0.05, 0) is 68.2 Å². The highest BCUT2D eigenvalue weighted by molar-refractivity contribution is 6.41. The summed E-state index contributed by atoms with van der Waals surface area (Å²) >= 11 is 6.05. The molecule has 5 nitrogen and oxygen atoms in total. The van der Waals surface area contributed by atoms with Crippen molar-refractivity contribution in [3.8, 4) is 0 Å². The van der Waals surface area contributed by atoms with Gasteiger partial charge in [0.2, 0.25) is 0 Å². The molecule has 2 N–H and O–H groups in total. The molecule has 0 amide bonds. The highest BCUT2D eigenvalue weighted by Gasteiger charge is 2.47. The quantitative estimate of drug-likeness (QED) is 0.449. The summed E-state index contributed by atoms with van der Waals surface area (Å²) in [7, 11) is 0. The normalized spacial score (nSPS) is 27.4. The lowest BCUT2D eigenvalue weighted by Crippen LogP contribution is -2.53. The zero-order valence-corrected chi connectivity index (χ0v) is 16.1. The number of hydrogen-bond acceptors (Lipinski definition) is 5. The van der Waals surface area contributed by atoms with Gasteiger partial charge in [-0.25, -0.2) is 4.99 Å². The van der Waals surface area contributed by atoms with E-state index in [1.165, 1.54) is 0 Å². The molecule has 2 aliphatic rings. The molecule has 3 rings (SSSR count). The van der Waals surface area contributed by atoms with Crippen LogP contribution in [-0.2, 0) is 0 Å². The van der Waals surface area contributed by atoms with E-state index in [0.717, 1.165) is 31.4 Å². The van der Waals surface area contributed by atoms with Crippen LogP contribution in [0.5, 0.6) is 0 Å². The third kappa shape index (κ3) is 3.47. The second-order valence-corrected chi connectivity index (χ2v) is 8.63. The Bertz CT molecular complexity index is 682. The predicted molar refractivity (Wildman–Crippen MR) is 104 cm³/mol. The summed E-state index contributed by atoms with van der Waals surface area (Å²) in [5.41, 5.74) is 4.83. The highest BCUT2D eigenvalue weighted by atomic mass is 35.5. The number of amidine groups is 1. The molecule has 0 aromatic heterocycles. The minimum absolute atomic E-state index is 0.313. The Balaban J connectivity index is 1.92. The fourth-order valence-electron chi connectivity index (χ4n) is 3.88. The summed E-state index contributed by atoms with van der Waals surface area (Å²) in [6.45, 7) is 8.70. The van der Waals surface area contributed by atoms with Crippen LogP contribution in [-0.4, -0.2) is 22.4 Å². The van der Waals surface area contributed by atoms with Crippen LogP contribution in [0.1, 0.15) is 53.4 Å². The van der Waals surface area contributed by atoms with Crippen LogP contribution in [0.4, 0.5) is 5.69 Å². The number of nitrogens with zero attached hydrogens (tertiary/aromatic N) is 3. The van der Waals surface area contributed by atoms with E-state index in [4.69, 9.17) is 21.8 Å². The van der Waals surface area contributed by atoms with E-state index in [-0.39, 0.29) is 5.66 Å². The molecular weight excluding hydrogens is 336 g/mol. The molecule has 6 heteroatoms. The molecule has 1 aromatic rings. The van der Waals surface area contributed by atoms with E-state index < -0.39 is 0 Å². The highest BCUT2D eigenvalue weighted by Crippen LogP contribution is 2.46. The number of hydrogen-bond donors (Lipinski definition) is 2. The Morgan fingerprint density at radius 3 is 2.40 bits per heavy atom.